The van der Waals surface area contributed by atoms with Gasteiger partial charge < -0.3 is 15.2 Å². The molecule has 130 valence electrons. The molecule has 2 N–H and O–H groups in total. The summed E-state index contributed by atoms with van der Waals surface area (Å²) in [7, 11) is 0. The molecule has 1 aromatic carbocycles. The molecular weight excluding hydrogens is 314 g/mol. The zero-order valence-corrected chi connectivity index (χ0v) is 14.4. The van der Waals surface area contributed by atoms with Crippen LogP contribution in [-0.2, 0) is 16.1 Å². The summed E-state index contributed by atoms with van der Waals surface area (Å²) < 4.78 is 1.93. The number of benzene rings is 1. The van der Waals surface area contributed by atoms with Crippen molar-refractivity contribution in [2.75, 3.05) is 11.9 Å². The number of hydrogen-bond acceptors (Lipinski definition) is 2. The predicted molar refractivity (Wildman–Crippen MR) is 98.1 cm³/mol. The Kier molecular flexibility index (Phi) is 4.07. The van der Waals surface area contributed by atoms with Crippen LogP contribution in [0.2, 0.25) is 0 Å². The van der Waals surface area contributed by atoms with Crippen LogP contribution in [0.5, 0.6) is 0 Å². The van der Waals surface area contributed by atoms with Crippen LogP contribution < -0.4 is 10.6 Å². The third-order valence-corrected chi connectivity index (χ3v) is 5.42. The van der Waals surface area contributed by atoms with Gasteiger partial charge in [-0.25, -0.2) is 0 Å². The zero-order valence-electron chi connectivity index (χ0n) is 14.4. The van der Waals surface area contributed by atoms with E-state index in [4.69, 9.17) is 0 Å². The van der Waals surface area contributed by atoms with E-state index in [1.807, 2.05) is 35.0 Å². The zero-order chi connectivity index (χ0) is 17.4. The molecule has 0 aliphatic heterocycles. The lowest BCUT2D eigenvalue weighted by atomic mass is 9.94. The number of carbonyl (C=O) groups excluding carboxylic acids is 2. The molecule has 1 heterocycles. The van der Waals surface area contributed by atoms with E-state index in [1.165, 1.54) is 19.8 Å². The fraction of sp³-hybridized carbons (Fsp3) is 0.400. The van der Waals surface area contributed by atoms with Gasteiger partial charge in [-0.1, -0.05) is 18.2 Å². The van der Waals surface area contributed by atoms with E-state index in [-0.39, 0.29) is 11.8 Å². The van der Waals surface area contributed by atoms with Crippen LogP contribution in [0.15, 0.2) is 42.6 Å². The van der Waals surface area contributed by atoms with Crippen molar-refractivity contribution in [1.82, 2.24) is 9.88 Å². The Hall–Kier alpha value is -2.56. The largest absolute Gasteiger partial charge is 0.354 e. The summed E-state index contributed by atoms with van der Waals surface area (Å²) in [6.07, 6.45) is 8.99. The van der Waals surface area contributed by atoms with Crippen LogP contribution >= 0.6 is 0 Å². The first kappa shape index (κ1) is 15.9. The van der Waals surface area contributed by atoms with Crippen molar-refractivity contribution in [2.45, 2.75) is 26.3 Å². The van der Waals surface area contributed by atoms with Crippen LogP contribution in [-0.4, -0.2) is 22.9 Å². The average Bonchev–Trinajstić information content (AvgIpc) is 3.29. The van der Waals surface area contributed by atoms with Crippen LogP contribution in [0, 0.1) is 17.8 Å². The quantitative estimate of drug-likeness (QED) is 0.824. The van der Waals surface area contributed by atoms with Gasteiger partial charge in [0.2, 0.25) is 11.8 Å². The lowest BCUT2D eigenvalue weighted by Gasteiger charge is -2.18. The fourth-order valence-electron chi connectivity index (χ4n) is 4.24. The summed E-state index contributed by atoms with van der Waals surface area (Å²) in [6, 6.07) is 7.67. The van der Waals surface area contributed by atoms with E-state index >= 15 is 0 Å². The molecule has 1 fully saturated rings. The van der Waals surface area contributed by atoms with Crippen molar-refractivity contribution in [2.24, 2.45) is 17.8 Å². The Bertz CT molecular complexity index is 852. The number of hydrogen-bond donors (Lipinski definition) is 2. The Morgan fingerprint density at radius 1 is 1.20 bits per heavy atom. The third kappa shape index (κ3) is 3.18. The van der Waals surface area contributed by atoms with Gasteiger partial charge in [-0.05, 0) is 48.8 Å². The van der Waals surface area contributed by atoms with Crippen molar-refractivity contribution in [3.8, 4) is 0 Å². The van der Waals surface area contributed by atoms with Crippen LogP contribution in [0.1, 0.15) is 19.8 Å². The number of amides is 2. The van der Waals surface area contributed by atoms with Crippen LogP contribution in [0.4, 0.5) is 5.69 Å². The monoisotopic (exact) mass is 337 g/mol. The van der Waals surface area contributed by atoms with Crippen molar-refractivity contribution < 1.29 is 9.59 Å². The maximum absolute atomic E-state index is 12.4. The van der Waals surface area contributed by atoms with Crippen LogP contribution in [0.25, 0.3) is 10.9 Å². The predicted octanol–water partition coefficient (Wildman–Crippen LogP) is 2.93. The number of fused-ring (bicyclic) bond motifs is 3. The normalized spacial score (nSPS) is 24.0. The van der Waals surface area contributed by atoms with Gasteiger partial charge in [0, 0.05) is 25.1 Å². The molecule has 2 amide bonds. The minimum atomic E-state index is -0.0992. The van der Waals surface area contributed by atoms with Gasteiger partial charge in [0.1, 0.15) is 6.54 Å². The standard InChI is InChI=1S/C20H23N3O2/c1-13(24)22-18-3-2-4-19-17(18)7-8-23(19)12-20(25)21-11-16-10-14-5-6-15(16)9-14/h2-8,14-16H,9-12H2,1H3,(H,21,25)(H,22,24)/t14-,15+,16-/m1/s1. The van der Waals surface area contributed by atoms with E-state index in [0.717, 1.165) is 29.1 Å². The summed E-state index contributed by atoms with van der Waals surface area (Å²) in [4.78, 5) is 23.7. The van der Waals surface area contributed by atoms with E-state index in [9.17, 15) is 9.59 Å². The summed E-state index contributed by atoms with van der Waals surface area (Å²) in [6.45, 7) is 2.55. The highest BCUT2D eigenvalue weighted by Gasteiger charge is 2.35. The molecule has 2 aromatic rings. The van der Waals surface area contributed by atoms with Gasteiger partial charge in [-0.2, -0.15) is 0 Å². The Morgan fingerprint density at radius 2 is 2.08 bits per heavy atom. The summed E-state index contributed by atoms with van der Waals surface area (Å²) in [5.74, 6) is 1.91. The van der Waals surface area contributed by atoms with Crippen molar-refractivity contribution >= 4 is 28.4 Å². The molecule has 0 radical (unpaired) electrons. The number of allylic oxidation sites excluding steroid dienone is 2. The summed E-state index contributed by atoms with van der Waals surface area (Å²) in [5, 5.41) is 6.88. The van der Waals surface area contributed by atoms with Gasteiger partial charge in [0.15, 0.2) is 0 Å². The molecule has 2 bridgehead atoms. The molecule has 3 atom stereocenters. The van der Waals surface area contributed by atoms with Crippen molar-refractivity contribution in [3.05, 3.63) is 42.6 Å². The van der Waals surface area contributed by atoms with E-state index in [1.54, 1.807) is 0 Å². The van der Waals surface area contributed by atoms with Crippen molar-refractivity contribution in [3.63, 3.8) is 0 Å². The first-order valence-corrected chi connectivity index (χ1v) is 8.90. The molecule has 4 rings (SSSR count). The lowest BCUT2D eigenvalue weighted by molar-refractivity contribution is -0.121. The second-order valence-electron chi connectivity index (χ2n) is 7.21. The van der Waals surface area contributed by atoms with Gasteiger partial charge >= 0.3 is 0 Å². The molecule has 0 spiro atoms. The third-order valence-electron chi connectivity index (χ3n) is 5.42. The number of rotatable bonds is 5. The molecule has 2 aliphatic rings. The number of aromatic nitrogens is 1. The molecule has 1 aromatic heterocycles. The first-order valence-electron chi connectivity index (χ1n) is 8.90. The SMILES string of the molecule is CC(=O)Nc1cccc2c1ccn2CC(=O)NC[C@H]1C[C@@H]2C=C[C@H]1C2. The minimum Gasteiger partial charge on any atom is -0.354 e. The minimum absolute atomic E-state index is 0.0363. The maximum atomic E-state index is 12.4. The summed E-state index contributed by atoms with van der Waals surface area (Å²) in [5.41, 5.74) is 1.72. The highest BCUT2D eigenvalue weighted by atomic mass is 16.2. The molecule has 2 aliphatic carbocycles. The molecule has 5 nitrogen and oxygen atoms in total. The fourth-order valence-corrected chi connectivity index (χ4v) is 4.24. The molecule has 0 saturated heterocycles. The van der Waals surface area contributed by atoms with Gasteiger partial charge in [-0.15, -0.1) is 0 Å². The number of anilines is 1. The second-order valence-corrected chi connectivity index (χ2v) is 7.21. The van der Waals surface area contributed by atoms with Crippen LogP contribution in [0.3, 0.4) is 0 Å². The van der Waals surface area contributed by atoms with Gasteiger partial charge in [-0.3, -0.25) is 9.59 Å². The molecule has 25 heavy (non-hydrogen) atoms. The Labute approximate surface area is 147 Å². The van der Waals surface area contributed by atoms with Gasteiger partial charge in [0.05, 0.1) is 11.2 Å². The summed E-state index contributed by atoms with van der Waals surface area (Å²) >= 11 is 0. The molecule has 0 unspecified atom stereocenters. The Morgan fingerprint density at radius 3 is 2.80 bits per heavy atom. The second kappa shape index (κ2) is 6.39. The van der Waals surface area contributed by atoms with E-state index < -0.39 is 0 Å². The smallest absolute Gasteiger partial charge is 0.239 e. The average molecular weight is 337 g/mol. The Balaban J connectivity index is 1.41. The number of nitrogens with one attached hydrogen (secondary N) is 2. The number of nitrogens with zero attached hydrogens (tertiary/aromatic N) is 1. The van der Waals surface area contributed by atoms with E-state index in [0.29, 0.717) is 18.4 Å². The number of carbonyl (C=O) groups is 2. The molecular formula is C20H23N3O2. The highest BCUT2D eigenvalue weighted by molar-refractivity contribution is 6.01. The van der Waals surface area contributed by atoms with Crippen molar-refractivity contribution in [1.29, 1.82) is 0 Å². The topological polar surface area (TPSA) is 63.1 Å². The van der Waals surface area contributed by atoms with E-state index in [2.05, 4.69) is 22.8 Å². The highest BCUT2D eigenvalue weighted by Crippen LogP contribution is 2.42. The maximum Gasteiger partial charge on any atom is 0.239 e. The molecule has 5 heteroatoms. The molecule has 1 saturated carbocycles. The first-order chi connectivity index (χ1) is 12.1. The lowest BCUT2D eigenvalue weighted by Crippen LogP contribution is -2.33. The van der Waals surface area contributed by atoms with Gasteiger partial charge in [0.25, 0.3) is 0 Å².